The number of carbonyl (C=O) groups excluding carboxylic acids is 2. The van der Waals surface area contributed by atoms with Gasteiger partial charge in [0.1, 0.15) is 5.82 Å². The average molecular weight is 293 g/mol. The lowest BCUT2D eigenvalue weighted by Gasteiger charge is -2.24. The number of hydrogen-bond donors (Lipinski definition) is 1. The van der Waals surface area contributed by atoms with Gasteiger partial charge in [0.05, 0.1) is 5.56 Å². The molecular weight excluding hydrogens is 273 g/mol. The minimum Gasteiger partial charge on any atom is -0.449 e. The lowest BCUT2D eigenvalue weighted by molar-refractivity contribution is -0.130. The molecule has 0 heterocycles. The SMILES string of the molecule is C[C@H](OC(=O)c1ccccc1F)C(=O)NC1CCCCC1. The molecule has 0 unspecified atom stereocenters. The molecule has 1 aromatic rings. The van der Waals surface area contributed by atoms with E-state index < -0.39 is 17.9 Å². The van der Waals surface area contributed by atoms with Gasteiger partial charge < -0.3 is 10.1 Å². The summed E-state index contributed by atoms with van der Waals surface area (Å²) in [5.41, 5.74) is -0.158. The lowest BCUT2D eigenvalue weighted by Crippen LogP contribution is -2.42. The molecule has 5 heteroatoms. The van der Waals surface area contributed by atoms with E-state index in [0.717, 1.165) is 25.7 Å². The predicted octanol–water partition coefficient (Wildman–Crippen LogP) is 2.82. The van der Waals surface area contributed by atoms with E-state index in [9.17, 15) is 14.0 Å². The highest BCUT2D eigenvalue weighted by molar-refractivity contribution is 5.92. The molecule has 1 atom stereocenters. The van der Waals surface area contributed by atoms with Gasteiger partial charge in [0.25, 0.3) is 5.91 Å². The van der Waals surface area contributed by atoms with Crippen molar-refractivity contribution in [3.05, 3.63) is 35.6 Å². The van der Waals surface area contributed by atoms with Crippen molar-refractivity contribution in [2.24, 2.45) is 0 Å². The Morgan fingerprint density at radius 3 is 2.57 bits per heavy atom. The monoisotopic (exact) mass is 293 g/mol. The number of benzene rings is 1. The second kappa shape index (κ2) is 7.20. The number of hydrogen-bond acceptors (Lipinski definition) is 3. The van der Waals surface area contributed by atoms with Gasteiger partial charge in [0.2, 0.25) is 0 Å². The zero-order valence-corrected chi connectivity index (χ0v) is 12.1. The predicted molar refractivity (Wildman–Crippen MR) is 76.3 cm³/mol. The minimum atomic E-state index is -0.931. The molecule has 114 valence electrons. The Balaban J connectivity index is 1.88. The van der Waals surface area contributed by atoms with Gasteiger partial charge in [0.15, 0.2) is 6.10 Å². The molecule has 0 saturated heterocycles. The average Bonchev–Trinajstić information content (AvgIpc) is 2.48. The van der Waals surface area contributed by atoms with Crippen LogP contribution in [0.15, 0.2) is 24.3 Å². The van der Waals surface area contributed by atoms with Gasteiger partial charge in [-0.15, -0.1) is 0 Å². The van der Waals surface area contributed by atoms with Crippen molar-refractivity contribution in [1.29, 1.82) is 0 Å². The van der Waals surface area contributed by atoms with Crippen LogP contribution in [0.1, 0.15) is 49.4 Å². The summed E-state index contributed by atoms with van der Waals surface area (Å²) in [5, 5.41) is 2.88. The number of nitrogens with one attached hydrogen (secondary N) is 1. The molecule has 0 radical (unpaired) electrons. The number of halogens is 1. The smallest absolute Gasteiger partial charge is 0.341 e. The fourth-order valence-corrected chi connectivity index (χ4v) is 2.47. The summed E-state index contributed by atoms with van der Waals surface area (Å²) < 4.78 is 18.5. The fraction of sp³-hybridized carbons (Fsp3) is 0.500. The van der Waals surface area contributed by atoms with Crippen LogP contribution in [0.3, 0.4) is 0 Å². The molecular formula is C16H20FNO3. The van der Waals surface area contributed by atoms with Crippen LogP contribution >= 0.6 is 0 Å². The third-order valence-corrected chi connectivity index (χ3v) is 3.70. The van der Waals surface area contributed by atoms with Crippen LogP contribution in [0.5, 0.6) is 0 Å². The van der Waals surface area contributed by atoms with E-state index in [2.05, 4.69) is 5.32 Å². The molecule has 0 bridgehead atoms. The van der Waals surface area contributed by atoms with Crippen molar-refractivity contribution in [3.63, 3.8) is 0 Å². The van der Waals surface area contributed by atoms with Crippen LogP contribution < -0.4 is 5.32 Å². The van der Waals surface area contributed by atoms with Crippen LogP contribution in [0, 0.1) is 5.82 Å². The number of ether oxygens (including phenoxy) is 1. The third kappa shape index (κ3) is 4.28. The summed E-state index contributed by atoms with van der Waals surface area (Å²) in [6, 6.07) is 5.71. The van der Waals surface area contributed by atoms with Crippen molar-refractivity contribution in [3.8, 4) is 0 Å². The van der Waals surface area contributed by atoms with Crippen molar-refractivity contribution in [2.75, 3.05) is 0 Å². The van der Waals surface area contributed by atoms with Crippen molar-refractivity contribution in [1.82, 2.24) is 5.32 Å². The molecule has 0 aliphatic heterocycles. The number of rotatable bonds is 4. The maximum Gasteiger partial charge on any atom is 0.341 e. The van der Waals surface area contributed by atoms with Gasteiger partial charge in [-0.2, -0.15) is 0 Å². The maximum absolute atomic E-state index is 13.5. The van der Waals surface area contributed by atoms with E-state index in [4.69, 9.17) is 4.74 Å². The zero-order valence-electron chi connectivity index (χ0n) is 12.1. The van der Waals surface area contributed by atoms with Gasteiger partial charge in [-0.25, -0.2) is 9.18 Å². The van der Waals surface area contributed by atoms with E-state index >= 15 is 0 Å². The summed E-state index contributed by atoms with van der Waals surface area (Å²) >= 11 is 0. The Morgan fingerprint density at radius 1 is 1.24 bits per heavy atom. The Kier molecular flexibility index (Phi) is 5.31. The quantitative estimate of drug-likeness (QED) is 0.868. The highest BCUT2D eigenvalue weighted by Crippen LogP contribution is 2.17. The van der Waals surface area contributed by atoms with Crippen LogP contribution in [0.2, 0.25) is 0 Å². The summed E-state index contributed by atoms with van der Waals surface area (Å²) in [5.74, 6) is -1.80. The van der Waals surface area contributed by atoms with Gasteiger partial charge in [-0.3, -0.25) is 4.79 Å². The van der Waals surface area contributed by atoms with E-state index in [1.54, 1.807) is 6.07 Å². The molecule has 2 rings (SSSR count). The van der Waals surface area contributed by atoms with E-state index in [1.165, 1.54) is 31.5 Å². The van der Waals surface area contributed by atoms with Gasteiger partial charge in [-0.1, -0.05) is 31.4 Å². The van der Waals surface area contributed by atoms with Gasteiger partial charge in [0, 0.05) is 6.04 Å². The van der Waals surface area contributed by atoms with Crippen LogP contribution in [-0.4, -0.2) is 24.0 Å². The standard InChI is InChI=1S/C16H20FNO3/c1-11(15(19)18-12-7-3-2-4-8-12)21-16(20)13-9-5-6-10-14(13)17/h5-6,9-12H,2-4,7-8H2,1H3,(H,18,19)/t11-/m0/s1. The van der Waals surface area contributed by atoms with Gasteiger partial charge >= 0.3 is 5.97 Å². The Morgan fingerprint density at radius 2 is 1.90 bits per heavy atom. The second-order valence-electron chi connectivity index (χ2n) is 5.37. The van der Waals surface area contributed by atoms with Gasteiger partial charge in [-0.05, 0) is 31.9 Å². The highest BCUT2D eigenvalue weighted by Gasteiger charge is 2.23. The molecule has 1 fully saturated rings. The summed E-state index contributed by atoms with van der Waals surface area (Å²) in [4.78, 5) is 23.8. The maximum atomic E-state index is 13.5. The van der Waals surface area contributed by atoms with Crippen LogP contribution in [-0.2, 0) is 9.53 Å². The van der Waals surface area contributed by atoms with Crippen LogP contribution in [0.25, 0.3) is 0 Å². The van der Waals surface area contributed by atoms with E-state index in [-0.39, 0.29) is 17.5 Å². The summed E-state index contributed by atoms with van der Waals surface area (Å²) in [6.07, 6.45) is 4.39. The van der Waals surface area contributed by atoms with Crippen molar-refractivity contribution in [2.45, 2.75) is 51.2 Å². The number of esters is 1. The van der Waals surface area contributed by atoms with E-state index in [0.29, 0.717) is 0 Å². The third-order valence-electron chi connectivity index (χ3n) is 3.70. The minimum absolute atomic E-state index is 0.154. The molecule has 1 N–H and O–H groups in total. The molecule has 4 nitrogen and oxygen atoms in total. The Bertz CT molecular complexity index is 512. The first-order chi connectivity index (χ1) is 10.1. The molecule has 1 aromatic carbocycles. The molecule has 1 amide bonds. The molecule has 0 aromatic heterocycles. The molecule has 0 spiro atoms. The van der Waals surface area contributed by atoms with Crippen molar-refractivity contribution >= 4 is 11.9 Å². The Labute approximate surface area is 123 Å². The lowest BCUT2D eigenvalue weighted by atomic mass is 9.95. The zero-order chi connectivity index (χ0) is 15.2. The molecule has 1 aliphatic rings. The summed E-state index contributed by atoms with van der Waals surface area (Å²) in [6.45, 7) is 1.50. The second-order valence-corrected chi connectivity index (χ2v) is 5.37. The number of carbonyl (C=O) groups is 2. The molecule has 1 saturated carbocycles. The van der Waals surface area contributed by atoms with Crippen LogP contribution in [0.4, 0.5) is 4.39 Å². The molecule has 1 aliphatic carbocycles. The van der Waals surface area contributed by atoms with Crippen molar-refractivity contribution < 1.29 is 18.7 Å². The van der Waals surface area contributed by atoms with E-state index in [1.807, 2.05) is 0 Å². The highest BCUT2D eigenvalue weighted by atomic mass is 19.1. The first-order valence-corrected chi connectivity index (χ1v) is 7.34. The normalized spacial score (nSPS) is 17.0. The fourth-order valence-electron chi connectivity index (χ4n) is 2.47. The number of amides is 1. The first-order valence-electron chi connectivity index (χ1n) is 7.34. The molecule has 21 heavy (non-hydrogen) atoms. The summed E-state index contributed by atoms with van der Waals surface area (Å²) in [7, 11) is 0. The first kappa shape index (κ1) is 15.5. The Hall–Kier alpha value is -1.91. The largest absolute Gasteiger partial charge is 0.449 e. The topological polar surface area (TPSA) is 55.4 Å².